The second kappa shape index (κ2) is 10.3. The van der Waals surface area contributed by atoms with Gasteiger partial charge in [-0.2, -0.15) is 5.10 Å². The highest BCUT2D eigenvalue weighted by atomic mass is 32.1. The fourth-order valence-corrected chi connectivity index (χ4v) is 5.05. The molecule has 0 radical (unpaired) electrons. The second-order valence-corrected chi connectivity index (χ2v) is 9.96. The van der Waals surface area contributed by atoms with Crippen molar-refractivity contribution in [1.82, 2.24) is 25.1 Å². The number of hydrogen-bond donors (Lipinski definition) is 3. The van der Waals surface area contributed by atoms with Gasteiger partial charge in [0.15, 0.2) is 5.82 Å². The number of pyridine rings is 1. The van der Waals surface area contributed by atoms with Gasteiger partial charge in [-0.15, -0.1) is 11.3 Å². The van der Waals surface area contributed by atoms with E-state index in [0.717, 1.165) is 33.8 Å². The SMILES string of the molecule is C=c1[nH]nc(-c2nc3c(-c4ccc(C)s4)cccc3[nH]2)/c1=C/C(=NC)c1cncc(NC(=O)CCC)c1. The van der Waals surface area contributed by atoms with Crippen molar-refractivity contribution in [3.63, 3.8) is 0 Å². The van der Waals surface area contributed by atoms with Gasteiger partial charge in [0.25, 0.3) is 0 Å². The minimum atomic E-state index is -0.0421. The molecule has 0 fully saturated rings. The molecule has 0 spiro atoms. The second-order valence-electron chi connectivity index (χ2n) is 8.68. The summed E-state index contributed by atoms with van der Waals surface area (Å²) in [5.74, 6) is 0.599. The average Bonchev–Trinajstić information content (AvgIpc) is 3.60. The van der Waals surface area contributed by atoms with Gasteiger partial charge in [-0.3, -0.25) is 19.9 Å². The summed E-state index contributed by atoms with van der Waals surface area (Å²) >= 11 is 1.74. The number of amides is 1. The summed E-state index contributed by atoms with van der Waals surface area (Å²) in [4.78, 5) is 31.6. The van der Waals surface area contributed by atoms with E-state index in [9.17, 15) is 4.79 Å². The van der Waals surface area contributed by atoms with Crippen LogP contribution in [0.1, 0.15) is 30.2 Å². The lowest BCUT2D eigenvalue weighted by molar-refractivity contribution is -0.116. The van der Waals surface area contributed by atoms with Gasteiger partial charge in [0, 0.05) is 45.8 Å². The van der Waals surface area contributed by atoms with E-state index in [-0.39, 0.29) is 5.91 Å². The Balaban J connectivity index is 1.56. The molecule has 8 nitrogen and oxygen atoms in total. The number of benzene rings is 1. The topological polar surface area (TPSA) is 112 Å². The summed E-state index contributed by atoms with van der Waals surface area (Å²) in [6.45, 7) is 8.20. The van der Waals surface area contributed by atoms with E-state index in [2.05, 4.69) is 62.2 Å². The Morgan fingerprint density at radius 3 is 2.86 bits per heavy atom. The van der Waals surface area contributed by atoms with Crippen LogP contribution in [0.3, 0.4) is 0 Å². The summed E-state index contributed by atoms with van der Waals surface area (Å²) in [5, 5.41) is 11.8. The van der Waals surface area contributed by atoms with Crippen LogP contribution in [-0.2, 0) is 4.79 Å². The van der Waals surface area contributed by atoms with Gasteiger partial charge in [0.05, 0.1) is 34.0 Å². The third-order valence-corrected chi connectivity index (χ3v) is 6.98. The zero-order valence-corrected chi connectivity index (χ0v) is 21.7. The molecule has 37 heavy (non-hydrogen) atoms. The molecule has 0 atom stereocenters. The number of carbonyl (C=O) groups is 1. The van der Waals surface area contributed by atoms with E-state index in [0.29, 0.717) is 34.7 Å². The molecule has 0 aliphatic heterocycles. The van der Waals surface area contributed by atoms with Crippen LogP contribution in [0.25, 0.3) is 45.6 Å². The lowest BCUT2D eigenvalue weighted by atomic mass is 10.1. The molecule has 1 amide bonds. The minimum absolute atomic E-state index is 0.0421. The lowest BCUT2D eigenvalue weighted by Gasteiger charge is -2.06. The number of aromatic amines is 2. The molecule has 5 aromatic rings. The summed E-state index contributed by atoms with van der Waals surface area (Å²) in [6.07, 6.45) is 6.49. The highest BCUT2D eigenvalue weighted by Gasteiger charge is 2.15. The van der Waals surface area contributed by atoms with E-state index in [1.54, 1.807) is 30.8 Å². The first kappa shape index (κ1) is 24.3. The van der Waals surface area contributed by atoms with Crippen LogP contribution in [0.5, 0.6) is 0 Å². The Hall–Kier alpha value is -4.37. The quantitative estimate of drug-likeness (QED) is 0.282. The van der Waals surface area contributed by atoms with Gasteiger partial charge in [0.2, 0.25) is 5.91 Å². The van der Waals surface area contributed by atoms with Crippen molar-refractivity contribution in [3.05, 3.63) is 69.8 Å². The molecular formula is C28H27N7OS. The molecule has 1 aromatic carbocycles. The Morgan fingerprint density at radius 2 is 2.11 bits per heavy atom. The zero-order valence-electron chi connectivity index (χ0n) is 20.9. The molecule has 5 rings (SSSR count). The fourth-order valence-electron chi connectivity index (χ4n) is 4.16. The number of imidazole rings is 1. The molecule has 0 bridgehead atoms. The Kier molecular flexibility index (Phi) is 6.78. The van der Waals surface area contributed by atoms with Crippen LogP contribution in [0.4, 0.5) is 5.69 Å². The number of nitrogens with one attached hydrogen (secondary N) is 3. The van der Waals surface area contributed by atoms with Crippen molar-refractivity contribution < 1.29 is 4.79 Å². The molecule has 0 aliphatic carbocycles. The van der Waals surface area contributed by atoms with E-state index in [1.807, 2.05) is 31.2 Å². The average molecular weight is 510 g/mol. The third kappa shape index (κ3) is 4.99. The normalized spacial score (nSPS) is 12.4. The number of fused-ring (bicyclic) bond motifs is 1. The summed E-state index contributed by atoms with van der Waals surface area (Å²) in [6, 6.07) is 12.2. The van der Waals surface area contributed by atoms with Crippen LogP contribution < -0.4 is 15.9 Å². The fraction of sp³-hybridized carbons (Fsp3) is 0.179. The van der Waals surface area contributed by atoms with Gasteiger partial charge in [-0.05, 0) is 43.7 Å². The van der Waals surface area contributed by atoms with Crippen molar-refractivity contribution in [1.29, 1.82) is 0 Å². The predicted octanol–water partition coefficient (Wildman–Crippen LogP) is 4.43. The van der Waals surface area contributed by atoms with Crippen LogP contribution in [0.15, 0.2) is 53.8 Å². The van der Waals surface area contributed by atoms with Crippen LogP contribution in [0, 0.1) is 6.92 Å². The first-order chi connectivity index (χ1) is 18.0. The first-order valence-corrected chi connectivity index (χ1v) is 12.8. The van der Waals surface area contributed by atoms with Gasteiger partial charge in [-0.25, -0.2) is 4.98 Å². The lowest BCUT2D eigenvalue weighted by Crippen LogP contribution is -2.24. The maximum Gasteiger partial charge on any atom is 0.224 e. The van der Waals surface area contributed by atoms with Crippen molar-refractivity contribution in [2.45, 2.75) is 26.7 Å². The van der Waals surface area contributed by atoms with Gasteiger partial charge in [-0.1, -0.05) is 25.6 Å². The number of anilines is 1. The number of H-pyrrole nitrogens is 2. The molecular weight excluding hydrogens is 482 g/mol. The molecule has 3 N–H and O–H groups in total. The largest absolute Gasteiger partial charge is 0.337 e. The van der Waals surface area contributed by atoms with E-state index >= 15 is 0 Å². The van der Waals surface area contributed by atoms with Crippen molar-refractivity contribution >= 4 is 52.3 Å². The molecule has 0 saturated carbocycles. The minimum Gasteiger partial charge on any atom is -0.337 e. The van der Waals surface area contributed by atoms with Gasteiger partial charge in [0.1, 0.15) is 5.69 Å². The van der Waals surface area contributed by atoms with E-state index in [4.69, 9.17) is 4.98 Å². The summed E-state index contributed by atoms with van der Waals surface area (Å²) < 4.78 is 0. The molecule has 186 valence electrons. The Labute approximate surface area is 217 Å². The maximum atomic E-state index is 12.0. The number of aryl methyl sites for hydroxylation is 1. The van der Waals surface area contributed by atoms with Crippen LogP contribution >= 0.6 is 11.3 Å². The van der Waals surface area contributed by atoms with E-state index < -0.39 is 0 Å². The third-order valence-electron chi connectivity index (χ3n) is 5.94. The number of thiophene rings is 1. The van der Waals surface area contributed by atoms with Crippen LogP contribution in [-0.4, -0.2) is 43.8 Å². The number of nitrogens with zero attached hydrogens (tertiary/aromatic N) is 4. The number of carbonyl (C=O) groups excluding carboxylic acids is 1. The number of hydrogen-bond acceptors (Lipinski definition) is 6. The highest BCUT2D eigenvalue weighted by Crippen LogP contribution is 2.33. The van der Waals surface area contributed by atoms with Crippen molar-refractivity contribution in [2.24, 2.45) is 4.99 Å². The van der Waals surface area contributed by atoms with Gasteiger partial charge >= 0.3 is 0 Å². The number of aromatic nitrogens is 5. The molecule has 9 heteroatoms. The van der Waals surface area contributed by atoms with E-state index in [1.165, 1.54) is 9.75 Å². The maximum absolute atomic E-state index is 12.0. The Morgan fingerprint density at radius 1 is 1.24 bits per heavy atom. The number of aliphatic imine (C=N–C) groups is 1. The smallest absolute Gasteiger partial charge is 0.224 e. The highest BCUT2D eigenvalue weighted by molar-refractivity contribution is 7.15. The van der Waals surface area contributed by atoms with Gasteiger partial charge < -0.3 is 10.3 Å². The number of para-hydroxylation sites is 1. The standard InChI is InChI=1S/C28H27N7OS/c1-5-7-25(36)31-19-12-18(14-30-15-19)23(29-4)13-21-17(3)34-35-27(21)28-32-22-9-6-8-20(26(22)33-28)24-11-10-16(2)37-24/h6,8-15,34H,3,5,7H2,1-2,4H3,(H,31,36)(H,32,33)/b21-13+,29-23?. The monoisotopic (exact) mass is 509 g/mol. The molecule has 0 unspecified atom stereocenters. The zero-order chi connectivity index (χ0) is 25.9. The summed E-state index contributed by atoms with van der Waals surface area (Å²) in [7, 11) is 1.72. The molecule has 0 saturated heterocycles. The molecule has 0 aliphatic rings. The predicted molar refractivity (Wildman–Crippen MR) is 151 cm³/mol. The first-order valence-electron chi connectivity index (χ1n) is 12.0. The Bertz CT molecular complexity index is 1740. The van der Waals surface area contributed by atoms with Crippen molar-refractivity contribution in [2.75, 3.05) is 12.4 Å². The number of rotatable bonds is 7. The van der Waals surface area contributed by atoms with Crippen LogP contribution in [0.2, 0.25) is 0 Å². The summed E-state index contributed by atoms with van der Waals surface area (Å²) in [5.41, 5.74) is 5.63. The molecule has 4 heterocycles. The molecule has 4 aromatic heterocycles. The van der Waals surface area contributed by atoms with Crippen molar-refractivity contribution in [3.8, 4) is 22.0 Å².